The van der Waals surface area contributed by atoms with Gasteiger partial charge in [-0.05, 0) is 15.9 Å². The Balaban J connectivity index is 2.62. The summed E-state index contributed by atoms with van der Waals surface area (Å²) in [6, 6.07) is 0. The molecule has 0 fully saturated rings. The van der Waals surface area contributed by atoms with Crippen molar-refractivity contribution in [2.45, 2.75) is 19.8 Å². The maximum Gasteiger partial charge on any atom is 0.189 e. The fraction of sp³-hybridized carbons (Fsp3) is 0.375. The fourth-order valence-corrected chi connectivity index (χ4v) is 2.26. The van der Waals surface area contributed by atoms with Gasteiger partial charge in [-0.3, -0.25) is 0 Å². The van der Waals surface area contributed by atoms with Crippen LogP contribution in [0, 0.1) is 0 Å². The molecular formula is C8H8BrN3S. The average Bonchev–Trinajstić information content (AvgIpc) is 2.46. The lowest BCUT2D eigenvalue weighted by molar-refractivity contribution is 0.855. The van der Waals surface area contributed by atoms with Gasteiger partial charge in [0.25, 0.3) is 0 Å². The summed E-state index contributed by atoms with van der Waals surface area (Å²) in [7, 11) is 0. The van der Waals surface area contributed by atoms with Crippen LogP contribution in [0.25, 0.3) is 10.5 Å². The largest absolute Gasteiger partial charge is 0.232 e. The van der Waals surface area contributed by atoms with Gasteiger partial charge in [0.2, 0.25) is 0 Å². The highest BCUT2D eigenvalue weighted by molar-refractivity contribution is 9.10. The Morgan fingerprint density at radius 1 is 1.38 bits per heavy atom. The lowest BCUT2D eigenvalue weighted by Gasteiger charge is -1.93. The fourth-order valence-electron chi connectivity index (χ4n) is 0.964. The number of hydrogen-bond donors (Lipinski definition) is 0. The highest BCUT2D eigenvalue weighted by Crippen LogP contribution is 2.25. The van der Waals surface area contributed by atoms with Crippen molar-refractivity contribution in [1.29, 1.82) is 0 Å². The Morgan fingerprint density at radius 3 is 2.85 bits per heavy atom. The van der Waals surface area contributed by atoms with Crippen molar-refractivity contribution in [3.8, 4) is 0 Å². The number of hydrogen-bond acceptors (Lipinski definition) is 4. The van der Waals surface area contributed by atoms with E-state index < -0.39 is 0 Å². The number of halogens is 1. The van der Waals surface area contributed by atoms with Gasteiger partial charge in [-0.15, -0.1) is 0 Å². The number of thiazole rings is 1. The third-order valence-electron chi connectivity index (χ3n) is 1.60. The summed E-state index contributed by atoms with van der Waals surface area (Å²) >= 11 is 4.89. The molecule has 2 heterocycles. The summed E-state index contributed by atoms with van der Waals surface area (Å²) < 4.78 is 0.763. The van der Waals surface area contributed by atoms with Crippen LogP contribution >= 0.6 is 27.3 Å². The van der Waals surface area contributed by atoms with Crippen molar-refractivity contribution < 1.29 is 0 Å². The lowest BCUT2D eigenvalue weighted by atomic mass is 10.2. The predicted molar refractivity (Wildman–Crippen MR) is 57.0 cm³/mol. The third-order valence-corrected chi connectivity index (χ3v) is 3.23. The monoisotopic (exact) mass is 257 g/mol. The second-order valence-electron chi connectivity index (χ2n) is 3.03. The zero-order chi connectivity index (χ0) is 9.42. The van der Waals surface area contributed by atoms with E-state index in [9.17, 15) is 0 Å². The van der Waals surface area contributed by atoms with Crippen LogP contribution in [0.5, 0.6) is 0 Å². The Kier molecular flexibility index (Phi) is 2.29. The summed E-state index contributed by atoms with van der Waals surface area (Å²) in [6.07, 6.45) is 1.67. The molecule has 2 aromatic rings. The van der Waals surface area contributed by atoms with Crippen LogP contribution in [-0.2, 0) is 0 Å². The molecule has 2 rings (SSSR count). The minimum Gasteiger partial charge on any atom is -0.232 e. The summed E-state index contributed by atoms with van der Waals surface area (Å²) in [4.78, 5) is 13.7. The Hall–Kier alpha value is -0.550. The molecule has 0 atom stereocenters. The van der Waals surface area contributed by atoms with Crippen LogP contribution in [0.3, 0.4) is 0 Å². The number of rotatable bonds is 1. The molecular weight excluding hydrogens is 250 g/mol. The number of nitrogens with zero attached hydrogens (tertiary/aromatic N) is 3. The van der Waals surface area contributed by atoms with Gasteiger partial charge in [0.1, 0.15) is 4.60 Å². The van der Waals surface area contributed by atoms with Crippen molar-refractivity contribution in [3.05, 3.63) is 15.8 Å². The van der Waals surface area contributed by atoms with Gasteiger partial charge in [-0.25, -0.2) is 15.0 Å². The first-order valence-corrected chi connectivity index (χ1v) is 5.57. The van der Waals surface area contributed by atoms with Gasteiger partial charge in [-0.2, -0.15) is 0 Å². The van der Waals surface area contributed by atoms with Gasteiger partial charge in [0.05, 0.1) is 11.2 Å². The van der Waals surface area contributed by atoms with Crippen LogP contribution in [0.15, 0.2) is 10.8 Å². The van der Waals surface area contributed by atoms with Crippen molar-refractivity contribution in [1.82, 2.24) is 15.0 Å². The van der Waals surface area contributed by atoms with Gasteiger partial charge < -0.3 is 0 Å². The first-order chi connectivity index (χ1) is 6.16. The van der Waals surface area contributed by atoms with Crippen LogP contribution in [0.1, 0.15) is 24.8 Å². The molecule has 0 aliphatic carbocycles. The second-order valence-corrected chi connectivity index (χ2v) is 4.85. The van der Waals surface area contributed by atoms with Crippen LogP contribution in [0.2, 0.25) is 0 Å². The topological polar surface area (TPSA) is 38.7 Å². The molecule has 0 saturated carbocycles. The van der Waals surface area contributed by atoms with Crippen LogP contribution in [0.4, 0.5) is 0 Å². The molecule has 3 nitrogen and oxygen atoms in total. The van der Waals surface area contributed by atoms with E-state index in [0.717, 1.165) is 20.1 Å². The van der Waals surface area contributed by atoms with Crippen LogP contribution < -0.4 is 0 Å². The molecule has 0 radical (unpaired) electrons. The molecule has 68 valence electrons. The average molecular weight is 258 g/mol. The molecule has 0 aromatic carbocycles. The molecule has 2 aromatic heterocycles. The first-order valence-electron chi connectivity index (χ1n) is 3.96. The molecule has 0 aliphatic heterocycles. The summed E-state index contributed by atoms with van der Waals surface area (Å²) in [5, 5.41) is 1.09. The van der Waals surface area contributed by atoms with Gasteiger partial charge in [0, 0.05) is 5.92 Å². The van der Waals surface area contributed by atoms with E-state index in [2.05, 4.69) is 44.7 Å². The van der Waals surface area contributed by atoms with E-state index >= 15 is 0 Å². The number of fused-ring (bicyclic) bond motifs is 1. The van der Waals surface area contributed by atoms with E-state index in [1.807, 2.05) is 0 Å². The van der Waals surface area contributed by atoms with E-state index in [1.54, 1.807) is 17.5 Å². The predicted octanol–water partition coefficient (Wildman–Crippen LogP) is 2.97. The van der Waals surface area contributed by atoms with E-state index in [1.165, 1.54) is 0 Å². The Labute approximate surface area is 88.4 Å². The zero-order valence-corrected chi connectivity index (χ0v) is 9.69. The molecule has 0 saturated heterocycles. The van der Waals surface area contributed by atoms with Crippen molar-refractivity contribution in [3.63, 3.8) is 0 Å². The Bertz CT molecular complexity index is 438. The summed E-state index contributed by atoms with van der Waals surface area (Å²) in [5.74, 6) is 0.444. The zero-order valence-electron chi connectivity index (χ0n) is 7.28. The first kappa shape index (κ1) is 9.02. The van der Waals surface area contributed by atoms with Crippen LogP contribution in [-0.4, -0.2) is 15.0 Å². The molecule has 0 amide bonds. The molecule has 0 aliphatic rings. The van der Waals surface area contributed by atoms with Crippen molar-refractivity contribution >= 4 is 37.7 Å². The lowest BCUT2D eigenvalue weighted by Crippen LogP contribution is -1.84. The molecule has 0 bridgehead atoms. The quantitative estimate of drug-likeness (QED) is 0.789. The normalized spacial score (nSPS) is 11.4. The summed E-state index contributed by atoms with van der Waals surface area (Å²) in [5.41, 5.74) is 0.747. The molecule has 13 heavy (non-hydrogen) atoms. The smallest absolute Gasteiger partial charge is 0.189 e. The van der Waals surface area contributed by atoms with E-state index in [-0.39, 0.29) is 0 Å². The Morgan fingerprint density at radius 2 is 2.15 bits per heavy atom. The second kappa shape index (κ2) is 3.31. The molecule has 0 spiro atoms. The molecule has 5 heteroatoms. The van der Waals surface area contributed by atoms with Gasteiger partial charge >= 0.3 is 0 Å². The van der Waals surface area contributed by atoms with Crippen molar-refractivity contribution in [2.24, 2.45) is 0 Å². The van der Waals surface area contributed by atoms with E-state index in [0.29, 0.717) is 5.92 Å². The standard InChI is InChI=1S/C8H8BrN3S/c1-4(2)7-12-6-8(13-7)11-5(9)3-10-6/h3-4H,1-2H3. The van der Waals surface area contributed by atoms with E-state index in [4.69, 9.17) is 0 Å². The molecule has 0 N–H and O–H groups in total. The highest BCUT2D eigenvalue weighted by atomic mass is 79.9. The van der Waals surface area contributed by atoms with Gasteiger partial charge in [-0.1, -0.05) is 25.2 Å². The molecule has 0 unspecified atom stereocenters. The minimum atomic E-state index is 0.444. The minimum absolute atomic E-state index is 0.444. The van der Waals surface area contributed by atoms with Gasteiger partial charge in [0.15, 0.2) is 10.5 Å². The van der Waals surface area contributed by atoms with Crippen molar-refractivity contribution in [2.75, 3.05) is 0 Å². The maximum absolute atomic E-state index is 4.38. The third kappa shape index (κ3) is 1.71. The maximum atomic E-state index is 4.38. The summed E-state index contributed by atoms with van der Waals surface area (Å²) in [6.45, 7) is 4.24. The number of aromatic nitrogens is 3. The SMILES string of the molecule is CC(C)c1nc2ncc(Br)nc2s1. The highest BCUT2D eigenvalue weighted by Gasteiger charge is 2.08.